The monoisotopic (exact) mass is 198 g/mol. The van der Waals surface area contributed by atoms with Crippen LogP contribution in [0.25, 0.3) is 0 Å². The van der Waals surface area contributed by atoms with E-state index in [1.54, 1.807) is 19.2 Å². The van der Waals surface area contributed by atoms with Gasteiger partial charge in [0.1, 0.15) is 6.61 Å². The van der Waals surface area contributed by atoms with Gasteiger partial charge in [0.15, 0.2) is 0 Å². The van der Waals surface area contributed by atoms with Crippen LogP contribution in [-0.2, 0) is 4.74 Å². The number of hydrogen-bond acceptors (Lipinski definition) is 5. The highest BCUT2D eigenvalue weighted by Gasteiger charge is 2.02. The number of aromatic nitrogens is 1. The number of hydrogen-bond donors (Lipinski definition) is 1. The third kappa shape index (κ3) is 2.77. The maximum absolute atomic E-state index is 5.59. The molecule has 0 amide bonds. The third-order valence-electron chi connectivity index (χ3n) is 1.59. The zero-order valence-corrected chi connectivity index (χ0v) is 8.32. The summed E-state index contributed by atoms with van der Waals surface area (Å²) in [5, 5.41) is 0. The topological polar surface area (TPSA) is 66.6 Å². The van der Waals surface area contributed by atoms with Crippen LogP contribution < -0.4 is 15.2 Å². The molecule has 5 heteroatoms. The molecule has 0 saturated carbocycles. The zero-order chi connectivity index (χ0) is 10.4. The summed E-state index contributed by atoms with van der Waals surface area (Å²) in [4.78, 5) is 4.04. The number of anilines is 1. The number of nitrogen functional groups attached to an aromatic ring is 1. The fraction of sp³-hybridized carbons (Fsp3) is 0.444. The second kappa shape index (κ2) is 5.29. The summed E-state index contributed by atoms with van der Waals surface area (Å²) in [6.07, 6.45) is 0. The number of pyridine rings is 1. The van der Waals surface area contributed by atoms with Crippen molar-refractivity contribution in [2.75, 3.05) is 33.2 Å². The van der Waals surface area contributed by atoms with Gasteiger partial charge < -0.3 is 19.9 Å². The van der Waals surface area contributed by atoms with Crippen molar-refractivity contribution in [3.63, 3.8) is 0 Å². The molecule has 1 aromatic heterocycles. The molecule has 78 valence electrons. The van der Waals surface area contributed by atoms with Gasteiger partial charge >= 0.3 is 0 Å². The van der Waals surface area contributed by atoms with Crippen LogP contribution in [0.3, 0.4) is 0 Å². The molecule has 14 heavy (non-hydrogen) atoms. The Morgan fingerprint density at radius 2 is 2.07 bits per heavy atom. The average Bonchev–Trinajstić information content (AvgIpc) is 2.21. The molecule has 0 aliphatic carbocycles. The van der Waals surface area contributed by atoms with Gasteiger partial charge in [0.2, 0.25) is 11.8 Å². The van der Waals surface area contributed by atoms with Gasteiger partial charge in [-0.05, 0) is 6.07 Å². The van der Waals surface area contributed by atoms with Crippen molar-refractivity contribution in [2.24, 2.45) is 0 Å². The van der Waals surface area contributed by atoms with E-state index in [9.17, 15) is 0 Å². The molecule has 1 heterocycles. The van der Waals surface area contributed by atoms with Gasteiger partial charge in [-0.1, -0.05) is 0 Å². The predicted octanol–water partition coefficient (Wildman–Crippen LogP) is 0.698. The Bertz CT molecular complexity index is 291. The van der Waals surface area contributed by atoms with E-state index in [1.165, 1.54) is 7.11 Å². The molecule has 1 aromatic rings. The largest absolute Gasteiger partial charge is 0.479 e. The molecule has 0 saturated heterocycles. The van der Waals surface area contributed by atoms with Gasteiger partial charge in [-0.3, -0.25) is 0 Å². The third-order valence-corrected chi connectivity index (χ3v) is 1.59. The van der Waals surface area contributed by atoms with E-state index in [4.69, 9.17) is 19.9 Å². The molecule has 0 aromatic carbocycles. The fourth-order valence-electron chi connectivity index (χ4n) is 0.908. The minimum absolute atomic E-state index is 0.375. The molecule has 0 fully saturated rings. The van der Waals surface area contributed by atoms with Crippen LogP contribution in [0.1, 0.15) is 0 Å². The van der Waals surface area contributed by atoms with Crippen molar-refractivity contribution in [2.45, 2.75) is 0 Å². The molecule has 0 aliphatic rings. The van der Waals surface area contributed by atoms with E-state index in [-0.39, 0.29) is 0 Å². The number of nitrogens with zero attached hydrogens (tertiary/aromatic N) is 1. The highest BCUT2D eigenvalue weighted by atomic mass is 16.5. The predicted molar refractivity (Wildman–Crippen MR) is 52.6 cm³/mol. The number of rotatable bonds is 5. The SMILES string of the molecule is COCCOc1ccc(N)c(OC)n1. The van der Waals surface area contributed by atoms with Gasteiger partial charge in [0, 0.05) is 13.2 Å². The number of ether oxygens (including phenoxy) is 3. The molecule has 0 radical (unpaired) electrons. The summed E-state index contributed by atoms with van der Waals surface area (Å²) >= 11 is 0. The van der Waals surface area contributed by atoms with Gasteiger partial charge in [0.25, 0.3) is 0 Å². The van der Waals surface area contributed by atoms with Crippen LogP contribution >= 0.6 is 0 Å². The minimum Gasteiger partial charge on any atom is -0.479 e. The van der Waals surface area contributed by atoms with Crippen LogP contribution in [-0.4, -0.2) is 32.4 Å². The lowest BCUT2D eigenvalue weighted by atomic mass is 10.4. The van der Waals surface area contributed by atoms with Gasteiger partial charge in [-0.2, -0.15) is 4.98 Å². The first kappa shape index (κ1) is 10.6. The lowest BCUT2D eigenvalue weighted by Crippen LogP contribution is -2.06. The van der Waals surface area contributed by atoms with Crippen molar-refractivity contribution in [1.82, 2.24) is 4.98 Å². The Kier molecular flexibility index (Phi) is 4.00. The molecule has 2 N–H and O–H groups in total. The molecule has 0 unspecified atom stereocenters. The van der Waals surface area contributed by atoms with Crippen molar-refractivity contribution in [3.05, 3.63) is 12.1 Å². The summed E-state index contributed by atoms with van der Waals surface area (Å²) < 4.78 is 15.1. The van der Waals surface area contributed by atoms with Gasteiger partial charge in [-0.15, -0.1) is 0 Å². The second-order valence-corrected chi connectivity index (χ2v) is 2.59. The molecule has 0 spiro atoms. The molecule has 1 rings (SSSR count). The van der Waals surface area contributed by atoms with E-state index in [1.807, 2.05) is 0 Å². The van der Waals surface area contributed by atoms with E-state index in [0.29, 0.717) is 30.7 Å². The fourth-order valence-corrected chi connectivity index (χ4v) is 0.908. The van der Waals surface area contributed by atoms with Crippen LogP contribution in [0.5, 0.6) is 11.8 Å². The van der Waals surface area contributed by atoms with Crippen molar-refractivity contribution in [3.8, 4) is 11.8 Å². The van der Waals surface area contributed by atoms with Crippen LogP contribution in [0.15, 0.2) is 12.1 Å². The Morgan fingerprint density at radius 1 is 1.29 bits per heavy atom. The van der Waals surface area contributed by atoms with Crippen molar-refractivity contribution in [1.29, 1.82) is 0 Å². The standard InChI is InChI=1S/C9H14N2O3/c1-12-5-6-14-8-4-3-7(10)9(11-8)13-2/h3-4H,5-6,10H2,1-2H3. The second-order valence-electron chi connectivity index (χ2n) is 2.59. The summed E-state index contributed by atoms with van der Waals surface area (Å²) in [6, 6.07) is 3.38. The van der Waals surface area contributed by atoms with E-state index < -0.39 is 0 Å². The summed E-state index contributed by atoms with van der Waals surface area (Å²) in [5.41, 5.74) is 6.08. The Labute approximate surface area is 82.8 Å². The summed E-state index contributed by atoms with van der Waals surface area (Å²) in [6.45, 7) is 0.977. The first-order valence-corrected chi connectivity index (χ1v) is 4.20. The number of nitrogens with two attached hydrogens (primary N) is 1. The molecular formula is C9H14N2O3. The molecule has 0 aliphatic heterocycles. The summed E-state index contributed by atoms with van der Waals surface area (Å²) in [7, 11) is 3.12. The van der Waals surface area contributed by atoms with Crippen LogP contribution in [0, 0.1) is 0 Å². The lowest BCUT2D eigenvalue weighted by molar-refractivity contribution is 0.143. The van der Waals surface area contributed by atoms with Gasteiger partial charge in [0.05, 0.1) is 19.4 Å². The van der Waals surface area contributed by atoms with E-state index >= 15 is 0 Å². The van der Waals surface area contributed by atoms with E-state index in [0.717, 1.165) is 0 Å². The van der Waals surface area contributed by atoms with E-state index in [2.05, 4.69) is 4.98 Å². The average molecular weight is 198 g/mol. The normalized spacial score (nSPS) is 9.86. The van der Waals surface area contributed by atoms with Crippen molar-refractivity contribution >= 4 is 5.69 Å². The zero-order valence-electron chi connectivity index (χ0n) is 8.32. The Balaban J connectivity index is 2.60. The first-order chi connectivity index (χ1) is 6.77. The quantitative estimate of drug-likeness (QED) is 0.705. The lowest BCUT2D eigenvalue weighted by Gasteiger charge is -2.07. The number of methoxy groups -OCH3 is 2. The maximum Gasteiger partial charge on any atom is 0.240 e. The first-order valence-electron chi connectivity index (χ1n) is 4.20. The van der Waals surface area contributed by atoms with Crippen molar-refractivity contribution < 1.29 is 14.2 Å². The highest BCUT2D eigenvalue weighted by molar-refractivity contribution is 5.49. The molecule has 0 atom stereocenters. The Morgan fingerprint density at radius 3 is 2.71 bits per heavy atom. The van der Waals surface area contributed by atoms with Gasteiger partial charge in [-0.25, -0.2) is 0 Å². The minimum atomic E-state index is 0.375. The van der Waals surface area contributed by atoms with Crippen LogP contribution in [0.2, 0.25) is 0 Å². The summed E-state index contributed by atoms with van der Waals surface area (Å²) in [5.74, 6) is 0.855. The smallest absolute Gasteiger partial charge is 0.240 e. The molecule has 0 bridgehead atoms. The molecular weight excluding hydrogens is 184 g/mol. The highest BCUT2D eigenvalue weighted by Crippen LogP contribution is 2.21. The maximum atomic E-state index is 5.59. The molecule has 5 nitrogen and oxygen atoms in total. The van der Waals surface area contributed by atoms with Crippen LogP contribution in [0.4, 0.5) is 5.69 Å². The Hall–Kier alpha value is -1.49.